The Kier molecular flexibility index (Phi) is 5.43. The van der Waals surface area contributed by atoms with Crippen molar-refractivity contribution in [2.75, 3.05) is 6.54 Å². The van der Waals surface area contributed by atoms with Gasteiger partial charge < -0.3 is 9.84 Å². The molecule has 0 unspecified atom stereocenters. The van der Waals surface area contributed by atoms with Gasteiger partial charge in [0.05, 0.1) is 10.6 Å². The highest BCUT2D eigenvalue weighted by molar-refractivity contribution is 7.13. The third-order valence-corrected chi connectivity index (χ3v) is 4.91. The van der Waals surface area contributed by atoms with Crippen molar-refractivity contribution in [1.82, 2.24) is 30.2 Å². The fraction of sp³-hybridized carbons (Fsp3) is 0.211. The second-order valence-corrected chi connectivity index (χ2v) is 7.17. The van der Waals surface area contributed by atoms with E-state index in [9.17, 15) is 9.18 Å². The Morgan fingerprint density at radius 1 is 1.24 bits per heavy atom. The van der Waals surface area contributed by atoms with Gasteiger partial charge in [0, 0.05) is 13.0 Å². The van der Waals surface area contributed by atoms with E-state index in [1.807, 2.05) is 17.5 Å². The van der Waals surface area contributed by atoms with Gasteiger partial charge in [0.1, 0.15) is 5.82 Å². The standard InChI is InChI=1S/C19H17FN6O2S/c1-12-22-16(28-25-12)5-2-10-21-19(27)17-23-18(15-4-3-11-29-15)26(24-17)14-8-6-13(20)7-9-14/h3-4,6-9,11H,2,5,10H2,1H3,(H,21,27). The highest BCUT2D eigenvalue weighted by Gasteiger charge is 2.19. The van der Waals surface area contributed by atoms with E-state index in [1.165, 1.54) is 23.5 Å². The lowest BCUT2D eigenvalue weighted by molar-refractivity contribution is 0.0942. The number of hydrogen-bond acceptors (Lipinski definition) is 7. The highest BCUT2D eigenvalue weighted by Crippen LogP contribution is 2.25. The molecule has 0 spiro atoms. The molecule has 1 aromatic carbocycles. The average molecular weight is 412 g/mol. The van der Waals surface area contributed by atoms with Crippen LogP contribution in [0.2, 0.25) is 0 Å². The molecule has 0 aliphatic heterocycles. The van der Waals surface area contributed by atoms with Gasteiger partial charge in [-0.3, -0.25) is 4.79 Å². The molecule has 8 nitrogen and oxygen atoms in total. The maximum atomic E-state index is 13.3. The summed E-state index contributed by atoms with van der Waals surface area (Å²) in [6.45, 7) is 2.17. The van der Waals surface area contributed by atoms with Gasteiger partial charge in [-0.2, -0.15) is 4.98 Å². The molecule has 4 aromatic rings. The fourth-order valence-corrected chi connectivity index (χ4v) is 3.40. The molecule has 0 saturated carbocycles. The summed E-state index contributed by atoms with van der Waals surface area (Å²) in [7, 11) is 0. The first-order valence-corrected chi connectivity index (χ1v) is 9.82. The highest BCUT2D eigenvalue weighted by atomic mass is 32.1. The molecule has 3 heterocycles. The maximum Gasteiger partial charge on any atom is 0.290 e. The monoisotopic (exact) mass is 412 g/mol. The molecule has 148 valence electrons. The Bertz CT molecular complexity index is 1100. The van der Waals surface area contributed by atoms with Crippen LogP contribution in [0.5, 0.6) is 0 Å². The van der Waals surface area contributed by atoms with E-state index >= 15 is 0 Å². The summed E-state index contributed by atoms with van der Waals surface area (Å²) in [5.41, 5.74) is 0.619. The van der Waals surface area contributed by atoms with Crippen molar-refractivity contribution < 1.29 is 13.7 Å². The Labute approximate surface area is 169 Å². The molecule has 4 rings (SSSR count). The van der Waals surface area contributed by atoms with E-state index in [2.05, 4.69) is 25.5 Å². The predicted octanol–water partition coefficient (Wildman–Crippen LogP) is 3.19. The first-order chi connectivity index (χ1) is 14.1. The summed E-state index contributed by atoms with van der Waals surface area (Å²) in [6.07, 6.45) is 1.21. The first-order valence-electron chi connectivity index (χ1n) is 8.94. The number of benzene rings is 1. The molecule has 10 heteroatoms. The predicted molar refractivity (Wildman–Crippen MR) is 104 cm³/mol. The smallest absolute Gasteiger partial charge is 0.290 e. The number of nitrogens with zero attached hydrogens (tertiary/aromatic N) is 5. The second kappa shape index (κ2) is 8.31. The van der Waals surface area contributed by atoms with Crippen LogP contribution in [-0.2, 0) is 6.42 Å². The van der Waals surface area contributed by atoms with Gasteiger partial charge >= 0.3 is 0 Å². The number of carbonyl (C=O) groups excluding carboxylic acids is 1. The zero-order valence-electron chi connectivity index (χ0n) is 15.5. The molecule has 0 aliphatic carbocycles. The quantitative estimate of drug-likeness (QED) is 0.468. The molecule has 0 fully saturated rings. The van der Waals surface area contributed by atoms with E-state index in [4.69, 9.17) is 4.52 Å². The summed E-state index contributed by atoms with van der Waals surface area (Å²) in [4.78, 5) is 21.9. The van der Waals surface area contributed by atoms with E-state index in [-0.39, 0.29) is 17.5 Å². The first kappa shape index (κ1) is 18.9. The van der Waals surface area contributed by atoms with Crippen LogP contribution in [0, 0.1) is 12.7 Å². The number of nitrogens with one attached hydrogen (secondary N) is 1. The Balaban J connectivity index is 1.49. The van der Waals surface area contributed by atoms with Gasteiger partial charge in [0.25, 0.3) is 5.91 Å². The number of amides is 1. The summed E-state index contributed by atoms with van der Waals surface area (Å²) in [5, 5.41) is 12.8. The van der Waals surface area contributed by atoms with Crippen molar-refractivity contribution in [2.45, 2.75) is 19.8 Å². The van der Waals surface area contributed by atoms with Crippen LogP contribution in [-0.4, -0.2) is 37.4 Å². The molecule has 0 saturated heterocycles. The topological polar surface area (TPSA) is 98.7 Å². The Morgan fingerprint density at radius 3 is 2.76 bits per heavy atom. The summed E-state index contributed by atoms with van der Waals surface area (Å²) < 4.78 is 19.9. The summed E-state index contributed by atoms with van der Waals surface area (Å²) in [6, 6.07) is 9.65. The van der Waals surface area contributed by atoms with Gasteiger partial charge in [-0.1, -0.05) is 11.2 Å². The van der Waals surface area contributed by atoms with Crippen LogP contribution in [0.1, 0.15) is 28.8 Å². The minimum atomic E-state index is -0.384. The van der Waals surface area contributed by atoms with Crippen LogP contribution in [0.3, 0.4) is 0 Å². The largest absolute Gasteiger partial charge is 0.349 e. The van der Waals surface area contributed by atoms with Gasteiger partial charge in [-0.25, -0.2) is 14.1 Å². The SMILES string of the molecule is Cc1noc(CCCNC(=O)c2nc(-c3cccs3)n(-c3ccc(F)cc3)n2)n1. The van der Waals surface area contributed by atoms with Crippen LogP contribution < -0.4 is 5.32 Å². The van der Waals surface area contributed by atoms with Crippen molar-refractivity contribution in [3.05, 3.63) is 65.1 Å². The summed E-state index contributed by atoms with van der Waals surface area (Å²) >= 11 is 1.48. The number of halogens is 1. The minimum Gasteiger partial charge on any atom is -0.349 e. The van der Waals surface area contributed by atoms with Crippen molar-refractivity contribution in [3.63, 3.8) is 0 Å². The fourth-order valence-electron chi connectivity index (χ4n) is 2.70. The second-order valence-electron chi connectivity index (χ2n) is 6.22. The lowest BCUT2D eigenvalue weighted by Gasteiger charge is -2.04. The zero-order valence-corrected chi connectivity index (χ0v) is 16.3. The van der Waals surface area contributed by atoms with Gasteiger partial charge in [0.2, 0.25) is 11.7 Å². The Hall–Kier alpha value is -3.40. The lowest BCUT2D eigenvalue weighted by Crippen LogP contribution is -2.26. The van der Waals surface area contributed by atoms with Crippen molar-refractivity contribution >= 4 is 17.2 Å². The zero-order chi connectivity index (χ0) is 20.2. The molecule has 1 N–H and O–H groups in total. The molecule has 3 aromatic heterocycles. The number of thiophene rings is 1. The van der Waals surface area contributed by atoms with E-state index in [0.717, 1.165) is 4.88 Å². The van der Waals surface area contributed by atoms with E-state index in [1.54, 1.807) is 23.7 Å². The molecule has 0 atom stereocenters. The van der Waals surface area contributed by atoms with Crippen molar-refractivity contribution in [1.29, 1.82) is 0 Å². The average Bonchev–Trinajstić information content (AvgIpc) is 3.46. The third kappa shape index (κ3) is 4.37. The number of aryl methyl sites for hydroxylation is 2. The van der Waals surface area contributed by atoms with E-state index < -0.39 is 0 Å². The van der Waals surface area contributed by atoms with Gasteiger partial charge in [0.15, 0.2) is 11.6 Å². The van der Waals surface area contributed by atoms with E-state index in [0.29, 0.717) is 42.6 Å². The third-order valence-electron chi connectivity index (χ3n) is 4.05. The minimum absolute atomic E-state index is 0.0476. The Morgan fingerprint density at radius 2 is 2.07 bits per heavy atom. The molecule has 1 amide bonds. The van der Waals surface area contributed by atoms with Crippen LogP contribution in [0.25, 0.3) is 16.4 Å². The summed E-state index contributed by atoms with van der Waals surface area (Å²) in [5.74, 6) is 0.965. The van der Waals surface area contributed by atoms with Crippen molar-refractivity contribution in [3.8, 4) is 16.4 Å². The number of rotatable bonds is 7. The normalized spacial score (nSPS) is 11.0. The van der Waals surface area contributed by atoms with Gasteiger partial charge in [-0.05, 0) is 49.1 Å². The molecule has 0 bridgehead atoms. The molecular formula is C19H17FN6O2S. The molecular weight excluding hydrogens is 395 g/mol. The molecule has 29 heavy (non-hydrogen) atoms. The van der Waals surface area contributed by atoms with Crippen molar-refractivity contribution in [2.24, 2.45) is 0 Å². The maximum absolute atomic E-state index is 13.3. The van der Waals surface area contributed by atoms with Gasteiger partial charge in [-0.15, -0.1) is 16.4 Å². The number of aromatic nitrogens is 5. The lowest BCUT2D eigenvalue weighted by atomic mass is 10.3. The molecule has 0 aliphatic rings. The number of carbonyl (C=O) groups is 1. The number of hydrogen-bond donors (Lipinski definition) is 1. The van der Waals surface area contributed by atoms with Crippen LogP contribution in [0.4, 0.5) is 4.39 Å². The molecule has 0 radical (unpaired) electrons. The van der Waals surface area contributed by atoms with Crippen LogP contribution in [0.15, 0.2) is 46.3 Å². The van der Waals surface area contributed by atoms with Crippen LogP contribution >= 0.6 is 11.3 Å².